The second-order valence-electron chi connectivity index (χ2n) is 3.52. The maximum Gasteiger partial charge on any atom is 0.137 e. The third-order valence-electron chi connectivity index (χ3n) is 2.33. The maximum absolute atomic E-state index is 9.38. The predicted molar refractivity (Wildman–Crippen MR) is 61.2 cm³/mol. The average molecular weight is 230 g/mol. The van der Waals surface area contributed by atoms with Gasteiger partial charge in [-0.05, 0) is 20.3 Å². The molecule has 1 heterocycles. The molecule has 5 heteroatoms. The number of aliphatic hydroxyl groups excluding tert-OH is 1. The number of aliphatic hydroxyl groups is 1. The summed E-state index contributed by atoms with van der Waals surface area (Å²) < 4.78 is 0. The van der Waals surface area contributed by atoms with E-state index < -0.39 is 6.10 Å². The van der Waals surface area contributed by atoms with Gasteiger partial charge in [0.05, 0.1) is 12.1 Å². The molecule has 1 aromatic heterocycles. The number of nitrogens with one attached hydrogen (secondary N) is 1. The van der Waals surface area contributed by atoms with Crippen LogP contribution in [0.3, 0.4) is 0 Å². The minimum Gasteiger partial charge on any atom is -0.391 e. The Kier molecular flexibility index (Phi) is 4.29. The van der Waals surface area contributed by atoms with Crippen LogP contribution in [-0.4, -0.2) is 27.2 Å². The molecule has 84 valence electrons. The van der Waals surface area contributed by atoms with Gasteiger partial charge in [0.25, 0.3) is 0 Å². The number of hydrogen-bond acceptors (Lipinski definition) is 4. The highest BCUT2D eigenvalue weighted by molar-refractivity contribution is 6.30. The second kappa shape index (κ2) is 5.28. The van der Waals surface area contributed by atoms with Gasteiger partial charge in [-0.3, -0.25) is 0 Å². The summed E-state index contributed by atoms with van der Waals surface area (Å²) in [6.45, 7) is 5.61. The van der Waals surface area contributed by atoms with E-state index in [9.17, 15) is 5.11 Å². The Morgan fingerprint density at radius 2 is 2.13 bits per heavy atom. The zero-order valence-electron chi connectivity index (χ0n) is 9.16. The number of rotatable bonds is 4. The van der Waals surface area contributed by atoms with Crippen molar-refractivity contribution in [1.29, 1.82) is 0 Å². The van der Waals surface area contributed by atoms with Gasteiger partial charge < -0.3 is 10.4 Å². The number of nitrogens with zero attached hydrogens (tertiary/aromatic N) is 2. The van der Waals surface area contributed by atoms with Gasteiger partial charge in [0.1, 0.15) is 17.3 Å². The molecule has 1 rings (SSSR count). The fourth-order valence-corrected chi connectivity index (χ4v) is 1.43. The smallest absolute Gasteiger partial charge is 0.137 e. The van der Waals surface area contributed by atoms with Gasteiger partial charge in [0.15, 0.2) is 0 Å². The quantitative estimate of drug-likeness (QED) is 0.774. The van der Waals surface area contributed by atoms with Crippen molar-refractivity contribution in [2.45, 2.75) is 39.3 Å². The monoisotopic (exact) mass is 229 g/mol. The Balaban J connectivity index is 2.89. The van der Waals surface area contributed by atoms with E-state index in [1.54, 1.807) is 6.92 Å². The van der Waals surface area contributed by atoms with E-state index >= 15 is 0 Å². The van der Waals surface area contributed by atoms with Crippen molar-refractivity contribution >= 4 is 17.4 Å². The molecule has 0 saturated heterocycles. The number of hydrogen-bond donors (Lipinski definition) is 2. The molecule has 2 N–H and O–H groups in total. The van der Waals surface area contributed by atoms with Crippen LogP contribution >= 0.6 is 11.6 Å². The highest BCUT2D eigenvalue weighted by Gasteiger charge is 2.13. The van der Waals surface area contributed by atoms with Crippen molar-refractivity contribution in [2.75, 3.05) is 5.32 Å². The summed E-state index contributed by atoms with van der Waals surface area (Å²) in [6, 6.07) is -0.0683. The van der Waals surface area contributed by atoms with E-state index in [-0.39, 0.29) is 6.04 Å². The van der Waals surface area contributed by atoms with Crippen molar-refractivity contribution in [3.05, 3.63) is 17.0 Å². The van der Waals surface area contributed by atoms with Gasteiger partial charge in [-0.1, -0.05) is 18.5 Å². The Labute approximate surface area is 94.7 Å². The van der Waals surface area contributed by atoms with Crippen molar-refractivity contribution in [3.8, 4) is 0 Å². The first-order chi connectivity index (χ1) is 7.06. The zero-order chi connectivity index (χ0) is 11.4. The first kappa shape index (κ1) is 12.2. The van der Waals surface area contributed by atoms with Gasteiger partial charge in [-0.2, -0.15) is 0 Å². The molecular formula is C10H16ClN3O. The lowest BCUT2D eigenvalue weighted by atomic mass is 10.2. The summed E-state index contributed by atoms with van der Waals surface area (Å²) >= 11 is 5.94. The molecule has 0 aliphatic carbocycles. The van der Waals surface area contributed by atoms with Crippen molar-refractivity contribution in [1.82, 2.24) is 9.97 Å². The first-order valence-electron chi connectivity index (χ1n) is 5.00. The van der Waals surface area contributed by atoms with Crippen LogP contribution in [-0.2, 0) is 6.42 Å². The average Bonchev–Trinajstić information content (AvgIpc) is 2.18. The topological polar surface area (TPSA) is 58.0 Å². The van der Waals surface area contributed by atoms with Crippen LogP contribution in [0.1, 0.15) is 26.3 Å². The molecule has 0 fully saturated rings. The Morgan fingerprint density at radius 1 is 1.47 bits per heavy atom. The van der Waals surface area contributed by atoms with Crippen LogP contribution in [0.25, 0.3) is 0 Å². The highest BCUT2D eigenvalue weighted by atomic mass is 35.5. The van der Waals surface area contributed by atoms with Crippen LogP contribution < -0.4 is 5.32 Å². The Bertz CT molecular complexity index is 330. The van der Waals surface area contributed by atoms with Crippen LogP contribution in [0.15, 0.2) is 6.33 Å². The minimum atomic E-state index is -0.441. The maximum atomic E-state index is 9.38. The molecule has 0 spiro atoms. The standard InChI is InChI=1S/C10H16ClN3O/c1-4-8-9(11)12-5-13-10(8)14-6(2)7(3)15/h5-7,15H,4H2,1-3H3,(H,12,13,14). The lowest BCUT2D eigenvalue weighted by Crippen LogP contribution is -2.28. The fraction of sp³-hybridized carbons (Fsp3) is 0.600. The summed E-state index contributed by atoms with van der Waals surface area (Å²) in [5.74, 6) is 0.700. The van der Waals surface area contributed by atoms with E-state index in [4.69, 9.17) is 11.6 Å². The van der Waals surface area contributed by atoms with Crippen LogP contribution in [0, 0.1) is 0 Å². The molecule has 2 atom stereocenters. The molecular weight excluding hydrogens is 214 g/mol. The first-order valence-corrected chi connectivity index (χ1v) is 5.38. The third kappa shape index (κ3) is 3.04. The molecule has 0 aliphatic rings. The van der Waals surface area contributed by atoms with E-state index in [0.29, 0.717) is 11.0 Å². The van der Waals surface area contributed by atoms with Gasteiger partial charge >= 0.3 is 0 Å². The summed E-state index contributed by atoms with van der Waals surface area (Å²) in [5, 5.41) is 13.0. The normalized spacial score (nSPS) is 14.7. The minimum absolute atomic E-state index is 0.0683. The molecule has 0 radical (unpaired) electrons. The third-order valence-corrected chi connectivity index (χ3v) is 2.66. The van der Waals surface area contributed by atoms with E-state index in [1.807, 2.05) is 13.8 Å². The highest BCUT2D eigenvalue weighted by Crippen LogP contribution is 2.20. The summed E-state index contributed by atoms with van der Waals surface area (Å²) in [4.78, 5) is 8.03. The van der Waals surface area contributed by atoms with E-state index in [1.165, 1.54) is 6.33 Å². The van der Waals surface area contributed by atoms with Crippen LogP contribution in [0.4, 0.5) is 5.82 Å². The second-order valence-corrected chi connectivity index (χ2v) is 3.88. The largest absolute Gasteiger partial charge is 0.391 e. The van der Waals surface area contributed by atoms with E-state index in [2.05, 4.69) is 15.3 Å². The molecule has 0 amide bonds. The van der Waals surface area contributed by atoms with Crippen molar-refractivity contribution in [3.63, 3.8) is 0 Å². The van der Waals surface area contributed by atoms with Gasteiger partial charge in [0, 0.05) is 5.56 Å². The summed E-state index contributed by atoms with van der Waals surface area (Å²) in [6.07, 6.45) is 1.73. The molecule has 0 saturated carbocycles. The summed E-state index contributed by atoms with van der Waals surface area (Å²) in [5.41, 5.74) is 0.881. The number of aromatic nitrogens is 2. The predicted octanol–water partition coefficient (Wildman–Crippen LogP) is 1.87. The Morgan fingerprint density at radius 3 is 2.67 bits per heavy atom. The molecule has 0 bridgehead atoms. The molecule has 0 aliphatic heterocycles. The van der Waals surface area contributed by atoms with E-state index in [0.717, 1.165) is 12.0 Å². The van der Waals surface area contributed by atoms with Crippen molar-refractivity contribution in [2.24, 2.45) is 0 Å². The van der Waals surface area contributed by atoms with Gasteiger partial charge in [-0.25, -0.2) is 9.97 Å². The zero-order valence-corrected chi connectivity index (χ0v) is 9.91. The lowest BCUT2D eigenvalue weighted by Gasteiger charge is -2.19. The molecule has 1 aromatic rings. The molecule has 4 nitrogen and oxygen atoms in total. The molecule has 0 aromatic carbocycles. The molecule has 2 unspecified atom stereocenters. The van der Waals surface area contributed by atoms with Crippen LogP contribution in [0.2, 0.25) is 5.15 Å². The summed E-state index contributed by atoms with van der Waals surface area (Å²) in [7, 11) is 0. The fourth-order valence-electron chi connectivity index (χ4n) is 1.16. The molecule has 15 heavy (non-hydrogen) atoms. The van der Waals surface area contributed by atoms with Crippen molar-refractivity contribution < 1.29 is 5.11 Å². The number of halogens is 1. The van der Waals surface area contributed by atoms with Gasteiger partial charge in [-0.15, -0.1) is 0 Å². The van der Waals surface area contributed by atoms with Gasteiger partial charge in [0.2, 0.25) is 0 Å². The lowest BCUT2D eigenvalue weighted by molar-refractivity contribution is 0.177. The SMILES string of the molecule is CCc1c(Cl)ncnc1NC(C)C(C)O. The number of anilines is 1. The van der Waals surface area contributed by atoms with Crippen LogP contribution in [0.5, 0.6) is 0 Å². The Hall–Kier alpha value is -0.870.